The van der Waals surface area contributed by atoms with Gasteiger partial charge in [-0.1, -0.05) is 48.5 Å². The predicted octanol–water partition coefficient (Wildman–Crippen LogP) is 6.86. The SMILES string of the molecule is Brc1cc2c(cc1Br)[C@H]1O[C@H]2[C@@H]2C3c4ccccc4C(c4ccccc43)[C@H]21. The Morgan fingerprint density at radius 1 is 0.556 bits per heavy atom. The highest BCUT2D eigenvalue weighted by Crippen LogP contribution is 2.72. The average molecular weight is 480 g/mol. The van der Waals surface area contributed by atoms with Gasteiger partial charge in [-0.25, -0.2) is 0 Å². The van der Waals surface area contributed by atoms with Gasteiger partial charge in [-0.05, 0) is 77.4 Å². The topological polar surface area (TPSA) is 9.23 Å². The van der Waals surface area contributed by atoms with Crippen LogP contribution in [0.25, 0.3) is 0 Å². The standard InChI is InChI=1S/C24H16Br2O/c25-17-9-15-16(10-18(17)26)24-22-20-12-6-2-1-5-11(12)19(21(22)23(15)27-24)13-7-3-4-8-14(13)20/h1-10,19-24H/t19?,20?,21-,22-,23-,24-/m1/s1. The molecule has 1 fully saturated rings. The van der Waals surface area contributed by atoms with Crippen LogP contribution in [-0.4, -0.2) is 0 Å². The lowest BCUT2D eigenvalue weighted by molar-refractivity contribution is 0.0533. The lowest BCUT2D eigenvalue weighted by Gasteiger charge is -2.51. The fraction of sp³-hybridized carbons (Fsp3) is 0.250. The molecular weight excluding hydrogens is 464 g/mol. The summed E-state index contributed by atoms with van der Waals surface area (Å²) in [4.78, 5) is 0. The average Bonchev–Trinajstić information content (AvgIpc) is 3.26. The summed E-state index contributed by atoms with van der Waals surface area (Å²) < 4.78 is 8.94. The summed E-state index contributed by atoms with van der Waals surface area (Å²) in [6.45, 7) is 0. The lowest BCUT2D eigenvalue weighted by Crippen LogP contribution is -2.42. The molecule has 2 aliphatic heterocycles. The van der Waals surface area contributed by atoms with Crippen molar-refractivity contribution in [1.29, 1.82) is 0 Å². The van der Waals surface area contributed by atoms with E-state index >= 15 is 0 Å². The van der Waals surface area contributed by atoms with Crippen LogP contribution in [0, 0.1) is 11.8 Å². The molecule has 3 heteroatoms. The van der Waals surface area contributed by atoms with Crippen LogP contribution in [0.5, 0.6) is 0 Å². The van der Waals surface area contributed by atoms with E-state index in [1.165, 1.54) is 33.4 Å². The lowest BCUT2D eigenvalue weighted by atomic mass is 9.50. The second kappa shape index (κ2) is 5.14. The van der Waals surface area contributed by atoms with Gasteiger partial charge in [-0.2, -0.15) is 0 Å². The second-order valence-corrected chi connectivity index (χ2v) is 9.95. The van der Waals surface area contributed by atoms with E-state index in [9.17, 15) is 0 Å². The predicted molar refractivity (Wildman–Crippen MR) is 112 cm³/mol. The Morgan fingerprint density at radius 2 is 0.926 bits per heavy atom. The number of hydrogen-bond donors (Lipinski definition) is 0. The van der Waals surface area contributed by atoms with Crippen LogP contribution in [0.3, 0.4) is 0 Å². The third-order valence-corrected chi connectivity index (χ3v) is 9.12. The molecular formula is C24H16Br2O. The van der Waals surface area contributed by atoms with E-state index < -0.39 is 0 Å². The van der Waals surface area contributed by atoms with E-state index in [-0.39, 0.29) is 12.2 Å². The molecule has 132 valence electrons. The molecule has 2 heterocycles. The zero-order chi connectivity index (χ0) is 17.9. The molecule has 1 nitrogen and oxygen atoms in total. The van der Waals surface area contributed by atoms with E-state index in [1.54, 1.807) is 0 Å². The first-order valence-electron chi connectivity index (χ1n) is 9.56. The van der Waals surface area contributed by atoms with Gasteiger partial charge < -0.3 is 4.74 Å². The molecule has 0 amide bonds. The van der Waals surface area contributed by atoms with Gasteiger partial charge in [0, 0.05) is 32.6 Å². The molecule has 3 aromatic rings. The quantitative estimate of drug-likeness (QED) is 0.342. The summed E-state index contributed by atoms with van der Waals surface area (Å²) in [6, 6.07) is 22.8. The molecule has 4 atom stereocenters. The van der Waals surface area contributed by atoms with Crippen LogP contribution in [0.1, 0.15) is 57.4 Å². The molecule has 0 aromatic heterocycles. The highest BCUT2D eigenvalue weighted by Gasteiger charge is 2.63. The van der Waals surface area contributed by atoms with Crippen molar-refractivity contribution in [3.05, 3.63) is 103 Å². The van der Waals surface area contributed by atoms with E-state index in [4.69, 9.17) is 4.74 Å². The highest BCUT2D eigenvalue weighted by molar-refractivity contribution is 9.13. The first-order chi connectivity index (χ1) is 13.2. The molecule has 0 saturated carbocycles. The van der Waals surface area contributed by atoms with Crippen molar-refractivity contribution in [1.82, 2.24) is 0 Å². The van der Waals surface area contributed by atoms with Crippen LogP contribution in [-0.2, 0) is 4.74 Å². The summed E-state index contributed by atoms with van der Waals surface area (Å²) >= 11 is 7.40. The normalized spacial score (nSPS) is 33.4. The molecule has 4 bridgehead atoms. The highest BCUT2D eigenvalue weighted by atomic mass is 79.9. The van der Waals surface area contributed by atoms with Crippen molar-refractivity contribution in [3.8, 4) is 0 Å². The van der Waals surface area contributed by atoms with Gasteiger partial charge in [0.1, 0.15) is 0 Å². The van der Waals surface area contributed by atoms with Crippen molar-refractivity contribution in [2.45, 2.75) is 24.0 Å². The van der Waals surface area contributed by atoms with Gasteiger partial charge in [-0.15, -0.1) is 0 Å². The van der Waals surface area contributed by atoms with Crippen LogP contribution < -0.4 is 0 Å². The number of benzene rings is 3. The summed E-state index contributed by atoms with van der Waals surface area (Å²) in [5.41, 5.74) is 8.87. The molecule has 3 aliphatic carbocycles. The molecule has 0 unspecified atom stereocenters. The maximum absolute atomic E-state index is 6.70. The van der Waals surface area contributed by atoms with Gasteiger partial charge in [0.05, 0.1) is 12.2 Å². The van der Waals surface area contributed by atoms with Crippen LogP contribution in [0.2, 0.25) is 0 Å². The Hall–Kier alpha value is -1.42. The fourth-order valence-electron chi connectivity index (χ4n) is 6.49. The van der Waals surface area contributed by atoms with Gasteiger partial charge >= 0.3 is 0 Å². The van der Waals surface area contributed by atoms with Crippen molar-refractivity contribution >= 4 is 31.9 Å². The van der Waals surface area contributed by atoms with Crippen LogP contribution in [0.15, 0.2) is 69.6 Å². The molecule has 3 aromatic carbocycles. The molecule has 0 spiro atoms. The maximum Gasteiger partial charge on any atom is 0.0878 e. The van der Waals surface area contributed by atoms with E-state index in [0.29, 0.717) is 23.7 Å². The van der Waals surface area contributed by atoms with E-state index in [2.05, 4.69) is 92.5 Å². The van der Waals surface area contributed by atoms with Gasteiger partial charge in [-0.3, -0.25) is 0 Å². The minimum Gasteiger partial charge on any atom is -0.365 e. The van der Waals surface area contributed by atoms with Crippen molar-refractivity contribution in [2.75, 3.05) is 0 Å². The van der Waals surface area contributed by atoms with Gasteiger partial charge in [0.2, 0.25) is 0 Å². The van der Waals surface area contributed by atoms with Crippen molar-refractivity contribution in [2.24, 2.45) is 11.8 Å². The Bertz CT molecular complexity index is 1000. The maximum atomic E-state index is 6.70. The van der Waals surface area contributed by atoms with Crippen LogP contribution in [0.4, 0.5) is 0 Å². The first kappa shape index (κ1) is 15.5. The zero-order valence-electron chi connectivity index (χ0n) is 14.4. The Balaban J connectivity index is 1.51. The second-order valence-electron chi connectivity index (χ2n) is 8.24. The third-order valence-electron chi connectivity index (χ3n) is 7.28. The van der Waals surface area contributed by atoms with Crippen molar-refractivity contribution < 1.29 is 4.74 Å². The third kappa shape index (κ3) is 1.75. The number of halogens is 2. The van der Waals surface area contributed by atoms with Gasteiger partial charge in [0.25, 0.3) is 0 Å². The molecule has 1 saturated heterocycles. The van der Waals surface area contributed by atoms with Crippen LogP contribution >= 0.6 is 31.9 Å². The number of ether oxygens (including phenoxy) is 1. The summed E-state index contributed by atoms with van der Waals surface area (Å²) in [7, 11) is 0. The van der Waals surface area contributed by atoms with E-state index in [0.717, 1.165) is 8.95 Å². The van der Waals surface area contributed by atoms with Gasteiger partial charge in [0.15, 0.2) is 0 Å². The van der Waals surface area contributed by atoms with E-state index in [1.807, 2.05) is 0 Å². The minimum atomic E-state index is 0.202. The molecule has 27 heavy (non-hydrogen) atoms. The molecule has 8 rings (SSSR count). The molecule has 0 N–H and O–H groups in total. The van der Waals surface area contributed by atoms with Crippen molar-refractivity contribution in [3.63, 3.8) is 0 Å². The fourth-order valence-corrected chi connectivity index (χ4v) is 7.21. The molecule has 0 radical (unpaired) electrons. The Morgan fingerprint density at radius 3 is 1.30 bits per heavy atom. The zero-order valence-corrected chi connectivity index (χ0v) is 17.6. The first-order valence-corrected chi connectivity index (χ1v) is 11.1. The summed E-state index contributed by atoms with van der Waals surface area (Å²) in [6.07, 6.45) is 0.405. The monoisotopic (exact) mass is 478 g/mol. The minimum absolute atomic E-state index is 0.202. The number of rotatable bonds is 0. The number of fused-ring (bicyclic) bond motifs is 5. The Labute approximate surface area is 175 Å². The molecule has 5 aliphatic rings. The smallest absolute Gasteiger partial charge is 0.0878 e. The summed E-state index contributed by atoms with van der Waals surface area (Å²) in [5, 5.41) is 0. The Kier molecular flexibility index (Phi) is 2.95. The largest absolute Gasteiger partial charge is 0.365 e. The number of hydrogen-bond acceptors (Lipinski definition) is 1. The summed E-state index contributed by atoms with van der Waals surface area (Å²) in [5.74, 6) is 1.95.